The second kappa shape index (κ2) is 9.13. The monoisotopic (exact) mass is 521 g/mol. The van der Waals surface area contributed by atoms with Crippen LogP contribution >= 0.6 is 11.3 Å². The zero-order valence-corrected chi connectivity index (χ0v) is 21.3. The lowest BCUT2D eigenvalue weighted by Crippen LogP contribution is -2.37. The maximum absolute atomic E-state index is 16.4. The third-order valence-corrected chi connectivity index (χ3v) is 8.53. The molecule has 1 atom stereocenters. The van der Waals surface area contributed by atoms with Crippen molar-refractivity contribution in [3.63, 3.8) is 0 Å². The smallest absolute Gasteiger partial charge is 0.226 e. The van der Waals surface area contributed by atoms with E-state index in [1.54, 1.807) is 6.20 Å². The first kappa shape index (κ1) is 23.9. The first-order chi connectivity index (χ1) is 18.0. The zero-order valence-electron chi connectivity index (χ0n) is 20.5. The van der Waals surface area contributed by atoms with Crippen LogP contribution in [0.15, 0.2) is 12.4 Å². The number of thiophene rings is 1. The molecule has 3 aromatic heterocycles. The number of fused-ring (bicyclic) bond motifs is 4. The van der Waals surface area contributed by atoms with Gasteiger partial charge in [-0.15, -0.1) is 11.3 Å². The fraction of sp³-hybridized carbons (Fsp3) is 0.385. The van der Waals surface area contributed by atoms with Gasteiger partial charge < -0.3 is 15.4 Å². The number of rotatable bonds is 5. The predicted octanol–water partition coefficient (Wildman–Crippen LogP) is 4.59. The van der Waals surface area contributed by atoms with E-state index in [1.807, 2.05) is 6.07 Å². The molecule has 4 aromatic rings. The molecule has 0 bridgehead atoms. The van der Waals surface area contributed by atoms with Gasteiger partial charge in [0.05, 0.1) is 35.4 Å². The Morgan fingerprint density at radius 3 is 2.76 bits per heavy atom. The number of likely N-dealkylation sites (N-methyl/N-ethyl adjacent to an activating group) is 1. The molecule has 0 radical (unpaired) electrons. The third-order valence-electron chi connectivity index (χ3n) is 7.51. The van der Waals surface area contributed by atoms with Crippen LogP contribution in [0.4, 0.5) is 19.7 Å². The van der Waals surface area contributed by atoms with Crippen LogP contribution in [0.1, 0.15) is 37.0 Å². The highest BCUT2D eigenvalue weighted by molar-refractivity contribution is 7.23. The highest BCUT2D eigenvalue weighted by Crippen LogP contribution is 2.45. The van der Waals surface area contributed by atoms with Gasteiger partial charge in [0.15, 0.2) is 11.6 Å². The van der Waals surface area contributed by atoms with Gasteiger partial charge in [-0.1, -0.05) is 13.8 Å². The van der Waals surface area contributed by atoms with E-state index in [9.17, 15) is 9.65 Å². The maximum atomic E-state index is 16.4. The van der Waals surface area contributed by atoms with Crippen LogP contribution in [0.2, 0.25) is 0 Å². The van der Waals surface area contributed by atoms with Crippen molar-refractivity contribution in [3.8, 4) is 17.3 Å². The summed E-state index contributed by atoms with van der Waals surface area (Å²) in [4.78, 5) is 18.1. The van der Waals surface area contributed by atoms with Crippen LogP contribution in [-0.4, -0.2) is 52.1 Å². The highest BCUT2D eigenvalue weighted by atomic mass is 32.1. The zero-order chi connectivity index (χ0) is 25.8. The van der Waals surface area contributed by atoms with Crippen molar-refractivity contribution >= 4 is 43.3 Å². The Balaban J connectivity index is 1.54. The molecule has 2 N–H and O–H groups in total. The van der Waals surface area contributed by atoms with E-state index in [1.165, 1.54) is 0 Å². The van der Waals surface area contributed by atoms with E-state index in [0.29, 0.717) is 22.9 Å². The predicted molar refractivity (Wildman–Crippen MR) is 139 cm³/mol. The molecule has 8 nitrogen and oxygen atoms in total. The number of aromatic nitrogens is 3. The standard InChI is InChI=1S/C26H25F2N7OS/c1-3-34(4-2)13-5-6-35(10-13)26-32-8-15-16-11-36-12-17(16)19(21(28)22(15)33-26)23-20-14(7-29)25(30)37-24(20)18(27)9-31-23/h8-9,13H,3-6,10-12,30H2,1-2H3/t13-/m0/s1. The lowest BCUT2D eigenvalue weighted by Gasteiger charge is -2.26. The summed E-state index contributed by atoms with van der Waals surface area (Å²) >= 11 is 0.957. The number of nitrogens with two attached hydrogens (primary N) is 1. The van der Waals surface area contributed by atoms with E-state index in [4.69, 9.17) is 10.5 Å². The summed E-state index contributed by atoms with van der Waals surface area (Å²) in [7, 11) is 0. The second-order valence-corrected chi connectivity index (χ2v) is 10.3. The summed E-state index contributed by atoms with van der Waals surface area (Å²) in [6.07, 6.45) is 3.70. The fourth-order valence-electron chi connectivity index (χ4n) is 5.65. The van der Waals surface area contributed by atoms with Gasteiger partial charge in [0.25, 0.3) is 0 Å². The Bertz CT molecular complexity index is 1590. The van der Waals surface area contributed by atoms with Crippen molar-refractivity contribution in [3.05, 3.63) is 40.7 Å². The number of ether oxygens (including phenoxy) is 1. The number of halogens is 2. The number of nitrogen functional groups attached to an aromatic ring is 1. The quantitative estimate of drug-likeness (QED) is 0.407. The average molecular weight is 522 g/mol. The molecule has 0 unspecified atom stereocenters. The molecule has 0 aliphatic carbocycles. The lowest BCUT2D eigenvalue weighted by atomic mass is 9.94. The van der Waals surface area contributed by atoms with Gasteiger partial charge in [-0.2, -0.15) is 5.26 Å². The molecule has 37 heavy (non-hydrogen) atoms. The second-order valence-electron chi connectivity index (χ2n) is 9.29. The van der Waals surface area contributed by atoms with Crippen LogP contribution in [0, 0.1) is 23.0 Å². The number of nitrogens with zero attached hydrogens (tertiary/aromatic N) is 6. The molecule has 2 aliphatic rings. The van der Waals surface area contributed by atoms with Crippen molar-refractivity contribution in [2.24, 2.45) is 0 Å². The molecule has 1 fully saturated rings. The Kier molecular flexibility index (Phi) is 5.90. The number of anilines is 2. The van der Waals surface area contributed by atoms with Crippen molar-refractivity contribution in [2.75, 3.05) is 36.8 Å². The minimum atomic E-state index is -0.604. The molecule has 0 amide bonds. The van der Waals surface area contributed by atoms with E-state index < -0.39 is 11.6 Å². The number of hydrogen-bond donors (Lipinski definition) is 1. The van der Waals surface area contributed by atoms with E-state index in [0.717, 1.165) is 55.7 Å². The summed E-state index contributed by atoms with van der Waals surface area (Å²) in [6, 6.07) is 2.43. The normalized spacial score (nSPS) is 17.3. The maximum Gasteiger partial charge on any atom is 0.226 e. The largest absolute Gasteiger partial charge is 0.389 e. The van der Waals surface area contributed by atoms with Crippen molar-refractivity contribution in [1.29, 1.82) is 5.26 Å². The van der Waals surface area contributed by atoms with Crippen molar-refractivity contribution in [1.82, 2.24) is 19.9 Å². The van der Waals surface area contributed by atoms with Gasteiger partial charge in [-0.3, -0.25) is 9.88 Å². The molecular weight excluding hydrogens is 496 g/mol. The summed E-state index contributed by atoms with van der Waals surface area (Å²) in [5.41, 5.74) is 8.01. The van der Waals surface area contributed by atoms with E-state index >= 15 is 4.39 Å². The van der Waals surface area contributed by atoms with Crippen LogP contribution in [0.5, 0.6) is 0 Å². The molecule has 5 heterocycles. The SMILES string of the molecule is CCN(CC)[C@H]1CCN(c2ncc3c4c(c(-c5ncc(F)c6sc(N)c(C#N)c56)c(F)c3n2)COC4)C1. The van der Waals surface area contributed by atoms with Crippen molar-refractivity contribution < 1.29 is 13.5 Å². The number of nitriles is 1. The molecule has 2 aliphatic heterocycles. The molecule has 190 valence electrons. The molecular formula is C26H25F2N7OS. The van der Waals surface area contributed by atoms with Gasteiger partial charge in [0.2, 0.25) is 5.95 Å². The minimum absolute atomic E-state index is 0.0945. The van der Waals surface area contributed by atoms with Gasteiger partial charge in [-0.05, 0) is 30.6 Å². The summed E-state index contributed by atoms with van der Waals surface area (Å²) < 4.78 is 37.0. The Labute approximate surface area is 216 Å². The van der Waals surface area contributed by atoms with Gasteiger partial charge >= 0.3 is 0 Å². The van der Waals surface area contributed by atoms with Crippen LogP contribution in [0.25, 0.3) is 32.2 Å². The molecule has 1 saturated heterocycles. The molecule has 1 aromatic carbocycles. The average Bonchev–Trinajstić information content (AvgIpc) is 3.65. The fourth-order valence-corrected chi connectivity index (χ4v) is 6.57. The third kappa shape index (κ3) is 3.62. The summed E-state index contributed by atoms with van der Waals surface area (Å²) in [5, 5.41) is 10.7. The van der Waals surface area contributed by atoms with Crippen LogP contribution in [-0.2, 0) is 18.0 Å². The Morgan fingerprint density at radius 2 is 2.00 bits per heavy atom. The van der Waals surface area contributed by atoms with Gasteiger partial charge in [0.1, 0.15) is 16.6 Å². The van der Waals surface area contributed by atoms with E-state index in [-0.39, 0.29) is 50.6 Å². The Morgan fingerprint density at radius 1 is 1.22 bits per heavy atom. The molecule has 0 spiro atoms. The highest BCUT2D eigenvalue weighted by Gasteiger charge is 2.32. The van der Waals surface area contributed by atoms with Crippen LogP contribution < -0.4 is 10.6 Å². The van der Waals surface area contributed by atoms with Gasteiger partial charge in [-0.25, -0.2) is 18.7 Å². The van der Waals surface area contributed by atoms with Gasteiger partial charge in [0, 0.05) is 41.7 Å². The number of benzene rings is 1. The molecule has 11 heteroatoms. The first-order valence-corrected chi connectivity index (χ1v) is 13.1. The Hall–Kier alpha value is -3.46. The first-order valence-electron chi connectivity index (χ1n) is 12.3. The lowest BCUT2D eigenvalue weighted by molar-refractivity contribution is 0.135. The summed E-state index contributed by atoms with van der Waals surface area (Å²) in [5.74, 6) is -0.718. The number of pyridine rings is 1. The topological polar surface area (TPSA) is 104 Å². The minimum Gasteiger partial charge on any atom is -0.389 e. The molecule has 6 rings (SSSR count). The number of hydrogen-bond acceptors (Lipinski definition) is 9. The summed E-state index contributed by atoms with van der Waals surface area (Å²) in [6.45, 7) is 8.23. The van der Waals surface area contributed by atoms with Crippen molar-refractivity contribution in [2.45, 2.75) is 39.5 Å². The van der Waals surface area contributed by atoms with Crippen LogP contribution in [0.3, 0.4) is 0 Å². The van der Waals surface area contributed by atoms with E-state index in [2.05, 4.69) is 38.6 Å². The molecule has 0 saturated carbocycles.